The molecule has 6 nitrogen and oxygen atoms in total. The van der Waals surface area contributed by atoms with Crippen molar-refractivity contribution in [1.82, 2.24) is 4.98 Å². The van der Waals surface area contributed by atoms with Crippen LogP contribution in [0.1, 0.15) is 26.3 Å². The zero-order valence-electron chi connectivity index (χ0n) is 16.3. The summed E-state index contributed by atoms with van der Waals surface area (Å²) in [7, 11) is 0. The molecule has 1 aliphatic heterocycles. The van der Waals surface area contributed by atoms with Gasteiger partial charge < -0.3 is 14.4 Å². The lowest BCUT2D eigenvalue weighted by Crippen LogP contribution is -3.12. The molecule has 1 aliphatic rings. The number of hydrogen-bond donors (Lipinski definition) is 1. The molecule has 1 aromatic carbocycles. The molecule has 2 aromatic rings. The number of nitrogens with zero attached hydrogens (tertiary/aromatic N) is 2. The van der Waals surface area contributed by atoms with E-state index in [1.807, 2.05) is 6.07 Å². The molecule has 0 saturated carbocycles. The molecule has 0 unspecified atom stereocenters. The van der Waals surface area contributed by atoms with Crippen LogP contribution in [-0.2, 0) is 20.7 Å². The van der Waals surface area contributed by atoms with Gasteiger partial charge in [0.1, 0.15) is 19.5 Å². The maximum Gasteiger partial charge on any atom is 0.298 e. The summed E-state index contributed by atoms with van der Waals surface area (Å²) in [6.07, 6.45) is 2.40. The van der Waals surface area contributed by atoms with Gasteiger partial charge in [-0.2, -0.15) is 0 Å². The van der Waals surface area contributed by atoms with E-state index >= 15 is 0 Å². The first-order valence-corrected chi connectivity index (χ1v) is 10.5. The van der Waals surface area contributed by atoms with E-state index in [-0.39, 0.29) is 11.7 Å². The van der Waals surface area contributed by atoms with Crippen LogP contribution in [0.25, 0.3) is 10.2 Å². The smallest absolute Gasteiger partial charge is 0.298 e. The molecule has 1 aromatic heterocycles. The monoisotopic (exact) mass is 390 g/mol. The van der Waals surface area contributed by atoms with E-state index in [4.69, 9.17) is 14.5 Å². The third-order valence-electron chi connectivity index (χ3n) is 4.87. The first-order chi connectivity index (χ1) is 13.2. The molecule has 27 heavy (non-hydrogen) atoms. The highest BCUT2D eigenvalue weighted by atomic mass is 32.1. The Hall–Kier alpha value is -2.12. The van der Waals surface area contributed by atoms with Gasteiger partial charge >= 0.3 is 0 Å². The number of likely N-dealkylation sites (N-methyl/N-ethyl adjacent to an activating group) is 1. The normalized spacial score (nSPS) is 14.0. The first-order valence-electron chi connectivity index (χ1n) is 9.65. The topological polar surface area (TPSA) is 56.1 Å². The molecule has 0 bridgehead atoms. The number of nitrogens with one attached hydrogen (secondary N) is 1. The van der Waals surface area contributed by atoms with Gasteiger partial charge in [-0.05, 0) is 38.0 Å². The zero-order valence-corrected chi connectivity index (χ0v) is 17.1. The fraction of sp³-hybridized carbons (Fsp3) is 0.500. The van der Waals surface area contributed by atoms with Crippen molar-refractivity contribution in [1.29, 1.82) is 0 Å². The van der Waals surface area contributed by atoms with Crippen molar-refractivity contribution in [3.05, 3.63) is 35.8 Å². The zero-order chi connectivity index (χ0) is 19.2. The number of amides is 1. The fourth-order valence-electron chi connectivity index (χ4n) is 3.06. The summed E-state index contributed by atoms with van der Waals surface area (Å²) in [5.41, 5.74) is 2.20. The van der Waals surface area contributed by atoms with Crippen LogP contribution < -0.4 is 9.80 Å². The lowest BCUT2D eigenvalue weighted by molar-refractivity contribution is -0.894. The van der Waals surface area contributed by atoms with Gasteiger partial charge in [-0.25, -0.2) is 4.98 Å². The Labute approximate surface area is 164 Å². The number of carbonyl (C=O) groups is 1. The SMILES string of the molecule is CCc1ccc2nc(N(CC[NH+](CC)CC)C(=O)C3=COCCO3)sc2c1. The molecule has 2 heterocycles. The molecule has 0 aliphatic carbocycles. The van der Waals surface area contributed by atoms with Crippen molar-refractivity contribution in [3.8, 4) is 0 Å². The van der Waals surface area contributed by atoms with Crippen LogP contribution in [-0.4, -0.2) is 50.3 Å². The van der Waals surface area contributed by atoms with Crippen molar-refractivity contribution in [2.24, 2.45) is 0 Å². The minimum absolute atomic E-state index is 0.184. The number of fused-ring (bicyclic) bond motifs is 1. The van der Waals surface area contributed by atoms with Crippen LogP contribution in [0.15, 0.2) is 30.2 Å². The molecule has 1 amide bonds. The maximum atomic E-state index is 13.1. The number of benzene rings is 1. The van der Waals surface area contributed by atoms with Crippen LogP contribution in [0.5, 0.6) is 0 Å². The third-order valence-corrected chi connectivity index (χ3v) is 5.92. The third kappa shape index (κ3) is 4.59. The minimum Gasteiger partial charge on any atom is -0.494 e. The van der Waals surface area contributed by atoms with Crippen LogP contribution in [0.4, 0.5) is 5.13 Å². The van der Waals surface area contributed by atoms with E-state index in [1.54, 1.807) is 16.2 Å². The van der Waals surface area contributed by atoms with Gasteiger partial charge in [0.2, 0.25) is 5.76 Å². The summed E-state index contributed by atoms with van der Waals surface area (Å²) >= 11 is 1.56. The predicted molar refractivity (Wildman–Crippen MR) is 108 cm³/mol. The number of anilines is 1. The van der Waals surface area contributed by atoms with E-state index < -0.39 is 0 Å². The van der Waals surface area contributed by atoms with E-state index in [9.17, 15) is 4.79 Å². The molecule has 146 valence electrons. The first kappa shape index (κ1) is 19.6. The summed E-state index contributed by atoms with van der Waals surface area (Å²) in [5, 5.41) is 0.713. The molecule has 0 fully saturated rings. The standard InChI is InChI=1S/C20H27N3O3S/c1-4-15-7-8-16-18(13-15)27-20(21-16)23(10-9-22(5-2)6-3)19(24)17-14-25-11-12-26-17/h7-8,13-14H,4-6,9-12H2,1-3H3/p+1. The highest BCUT2D eigenvalue weighted by molar-refractivity contribution is 7.22. The highest BCUT2D eigenvalue weighted by Gasteiger charge is 2.27. The Morgan fingerprint density at radius 3 is 2.74 bits per heavy atom. The largest absolute Gasteiger partial charge is 0.494 e. The number of ether oxygens (including phenoxy) is 2. The number of hydrogen-bond acceptors (Lipinski definition) is 5. The number of aryl methyl sites for hydroxylation is 1. The van der Waals surface area contributed by atoms with Gasteiger partial charge in [-0.15, -0.1) is 0 Å². The van der Waals surface area contributed by atoms with Gasteiger partial charge in [0.25, 0.3) is 5.91 Å². The van der Waals surface area contributed by atoms with Gasteiger partial charge in [-0.3, -0.25) is 9.69 Å². The number of thiazole rings is 1. The summed E-state index contributed by atoms with van der Waals surface area (Å²) < 4.78 is 11.9. The van der Waals surface area contributed by atoms with Crippen molar-refractivity contribution in [2.75, 3.05) is 44.3 Å². The summed E-state index contributed by atoms with van der Waals surface area (Å²) in [6.45, 7) is 10.8. The molecule has 1 N–H and O–H groups in total. The molecule has 0 spiro atoms. The fourth-order valence-corrected chi connectivity index (χ4v) is 4.12. The van der Waals surface area contributed by atoms with E-state index in [1.165, 1.54) is 16.7 Å². The van der Waals surface area contributed by atoms with E-state index in [2.05, 4.69) is 32.9 Å². The molecular formula is C20H28N3O3S+. The quantitative estimate of drug-likeness (QED) is 0.749. The highest BCUT2D eigenvalue weighted by Crippen LogP contribution is 2.30. The lowest BCUT2D eigenvalue weighted by Gasteiger charge is -2.24. The molecule has 0 atom stereocenters. The Morgan fingerprint density at radius 2 is 2.07 bits per heavy atom. The van der Waals surface area contributed by atoms with Gasteiger partial charge in [0.15, 0.2) is 5.13 Å². The number of quaternary nitrogens is 1. The average Bonchev–Trinajstić information content (AvgIpc) is 3.14. The van der Waals surface area contributed by atoms with Crippen molar-refractivity contribution in [3.63, 3.8) is 0 Å². The molecule has 3 rings (SSSR count). The van der Waals surface area contributed by atoms with Crippen molar-refractivity contribution < 1.29 is 19.2 Å². The molecule has 0 radical (unpaired) electrons. The Balaban J connectivity index is 1.90. The summed E-state index contributed by atoms with van der Waals surface area (Å²) in [6, 6.07) is 6.29. The van der Waals surface area contributed by atoms with Gasteiger partial charge in [0, 0.05) is 0 Å². The average molecular weight is 391 g/mol. The van der Waals surface area contributed by atoms with Crippen LogP contribution in [0.3, 0.4) is 0 Å². The lowest BCUT2D eigenvalue weighted by atomic mass is 10.2. The summed E-state index contributed by atoms with van der Waals surface area (Å²) in [4.78, 5) is 21.0. The second kappa shape index (κ2) is 9.19. The number of aromatic nitrogens is 1. The summed E-state index contributed by atoms with van der Waals surface area (Å²) in [5.74, 6) is 0.0697. The Bertz CT molecular complexity index is 814. The van der Waals surface area contributed by atoms with Crippen LogP contribution >= 0.6 is 11.3 Å². The second-order valence-electron chi connectivity index (χ2n) is 6.52. The van der Waals surface area contributed by atoms with Crippen LogP contribution in [0.2, 0.25) is 0 Å². The Kier molecular flexibility index (Phi) is 6.68. The maximum absolute atomic E-state index is 13.1. The van der Waals surface area contributed by atoms with E-state index in [0.29, 0.717) is 24.9 Å². The minimum atomic E-state index is -0.184. The van der Waals surface area contributed by atoms with Crippen LogP contribution in [0, 0.1) is 0 Å². The number of carbonyl (C=O) groups excluding carboxylic acids is 1. The number of rotatable bonds is 8. The molecule has 7 heteroatoms. The van der Waals surface area contributed by atoms with Crippen molar-refractivity contribution in [2.45, 2.75) is 27.2 Å². The van der Waals surface area contributed by atoms with Crippen molar-refractivity contribution >= 4 is 32.6 Å². The second-order valence-corrected chi connectivity index (χ2v) is 7.53. The predicted octanol–water partition coefficient (Wildman–Crippen LogP) is 2.00. The van der Waals surface area contributed by atoms with Gasteiger partial charge in [0.05, 0.1) is 36.4 Å². The Morgan fingerprint density at radius 1 is 1.26 bits per heavy atom. The van der Waals surface area contributed by atoms with Gasteiger partial charge in [-0.1, -0.05) is 24.3 Å². The van der Waals surface area contributed by atoms with E-state index in [0.717, 1.165) is 36.3 Å². The molecule has 0 saturated heterocycles. The molecular weight excluding hydrogens is 362 g/mol.